The number of furan rings is 1. The zero-order valence-electron chi connectivity index (χ0n) is 14.9. The highest BCUT2D eigenvalue weighted by Crippen LogP contribution is 2.32. The molecule has 0 bridgehead atoms. The van der Waals surface area contributed by atoms with E-state index in [1.807, 2.05) is 39.0 Å². The maximum Gasteiger partial charge on any atom is 0.291 e. The molecule has 25 heavy (non-hydrogen) atoms. The van der Waals surface area contributed by atoms with E-state index >= 15 is 0 Å². The lowest BCUT2D eigenvalue weighted by Crippen LogP contribution is -2.40. The number of amides is 2. The third-order valence-corrected chi connectivity index (χ3v) is 4.04. The molecule has 2 heterocycles. The van der Waals surface area contributed by atoms with Crippen LogP contribution in [0.15, 0.2) is 28.7 Å². The lowest BCUT2D eigenvalue weighted by Gasteiger charge is -2.26. The fraction of sp³-hybridized carbons (Fsp3) is 0.474. The van der Waals surface area contributed by atoms with Gasteiger partial charge >= 0.3 is 0 Å². The van der Waals surface area contributed by atoms with Crippen molar-refractivity contribution >= 4 is 28.5 Å². The highest BCUT2D eigenvalue weighted by Gasteiger charge is 2.28. The van der Waals surface area contributed by atoms with Gasteiger partial charge in [0.1, 0.15) is 11.3 Å². The van der Waals surface area contributed by atoms with Gasteiger partial charge in [-0.2, -0.15) is 0 Å². The van der Waals surface area contributed by atoms with Crippen molar-refractivity contribution in [2.24, 2.45) is 5.41 Å². The van der Waals surface area contributed by atoms with E-state index in [0.717, 1.165) is 5.39 Å². The number of fused-ring (bicyclic) bond motifs is 1. The molecule has 0 spiro atoms. The van der Waals surface area contributed by atoms with Gasteiger partial charge in [-0.25, -0.2) is 0 Å². The van der Waals surface area contributed by atoms with E-state index in [2.05, 4.69) is 5.32 Å². The average Bonchev–Trinajstić information content (AvgIpc) is 2.92. The summed E-state index contributed by atoms with van der Waals surface area (Å²) in [5.74, 6) is -0.161. The van der Waals surface area contributed by atoms with Crippen LogP contribution in [0.4, 0.5) is 5.69 Å². The van der Waals surface area contributed by atoms with Crippen LogP contribution in [-0.2, 0) is 9.53 Å². The number of benzene rings is 1. The molecule has 1 aliphatic heterocycles. The average molecular weight is 344 g/mol. The standard InChI is InChI=1S/C19H24N2O4/c1-19(2,3)12-15(22)20-16-13-6-4-5-7-14(13)25-17(16)18(23)21-8-10-24-11-9-21/h4-7H,8-12H2,1-3H3,(H,20,22). The number of morpholine rings is 1. The van der Waals surface area contributed by atoms with Crippen LogP contribution in [0.25, 0.3) is 11.0 Å². The summed E-state index contributed by atoms with van der Waals surface area (Å²) in [7, 11) is 0. The molecule has 6 nitrogen and oxygen atoms in total. The molecule has 1 N–H and O–H groups in total. The van der Waals surface area contributed by atoms with E-state index in [1.54, 1.807) is 11.0 Å². The molecular formula is C19H24N2O4. The number of para-hydroxylation sites is 1. The van der Waals surface area contributed by atoms with Crippen molar-refractivity contribution in [1.29, 1.82) is 0 Å². The highest BCUT2D eigenvalue weighted by molar-refractivity contribution is 6.10. The summed E-state index contributed by atoms with van der Waals surface area (Å²) in [4.78, 5) is 27.0. The predicted octanol–water partition coefficient (Wildman–Crippen LogP) is 3.28. The first-order valence-electron chi connectivity index (χ1n) is 8.53. The predicted molar refractivity (Wildman–Crippen MR) is 95.6 cm³/mol. The molecule has 0 radical (unpaired) electrons. The van der Waals surface area contributed by atoms with Gasteiger partial charge in [0.15, 0.2) is 0 Å². The number of anilines is 1. The minimum Gasteiger partial charge on any atom is -0.449 e. The Morgan fingerprint density at radius 1 is 1.16 bits per heavy atom. The first-order chi connectivity index (χ1) is 11.8. The topological polar surface area (TPSA) is 71.8 Å². The summed E-state index contributed by atoms with van der Waals surface area (Å²) >= 11 is 0. The van der Waals surface area contributed by atoms with E-state index in [9.17, 15) is 9.59 Å². The normalized spacial score (nSPS) is 15.4. The fourth-order valence-corrected chi connectivity index (χ4v) is 2.90. The monoisotopic (exact) mass is 344 g/mol. The highest BCUT2D eigenvalue weighted by atomic mass is 16.5. The van der Waals surface area contributed by atoms with Crippen molar-refractivity contribution in [2.75, 3.05) is 31.6 Å². The summed E-state index contributed by atoms with van der Waals surface area (Å²) in [5, 5.41) is 3.64. The maximum absolute atomic E-state index is 12.9. The molecule has 1 aromatic heterocycles. The Hall–Kier alpha value is -2.34. The Kier molecular flexibility index (Phi) is 4.81. The lowest BCUT2D eigenvalue weighted by atomic mass is 9.92. The van der Waals surface area contributed by atoms with Gasteiger partial charge in [0.05, 0.1) is 13.2 Å². The second-order valence-corrected chi connectivity index (χ2v) is 7.49. The van der Waals surface area contributed by atoms with Gasteiger partial charge in [0.25, 0.3) is 5.91 Å². The quantitative estimate of drug-likeness (QED) is 0.927. The van der Waals surface area contributed by atoms with Crippen molar-refractivity contribution in [2.45, 2.75) is 27.2 Å². The van der Waals surface area contributed by atoms with Gasteiger partial charge in [0, 0.05) is 24.9 Å². The number of ether oxygens (including phenoxy) is 1. The minimum atomic E-state index is -0.217. The minimum absolute atomic E-state index is 0.130. The third-order valence-electron chi connectivity index (χ3n) is 4.04. The number of nitrogens with zero attached hydrogens (tertiary/aromatic N) is 1. The van der Waals surface area contributed by atoms with E-state index < -0.39 is 0 Å². The Balaban J connectivity index is 1.94. The molecule has 3 rings (SSSR count). The molecule has 0 atom stereocenters. The van der Waals surface area contributed by atoms with E-state index in [4.69, 9.17) is 9.15 Å². The van der Waals surface area contributed by atoms with Crippen molar-refractivity contribution < 1.29 is 18.7 Å². The van der Waals surface area contributed by atoms with Gasteiger partial charge in [0.2, 0.25) is 11.7 Å². The Bertz CT molecular complexity index is 782. The van der Waals surface area contributed by atoms with Crippen LogP contribution >= 0.6 is 0 Å². The van der Waals surface area contributed by atoms with Crippen LogP contribution in [0.3, 0.4) is 0 Å². The molecule has 2 aromatic rings. The lowest BCUT2D eigenvalue weighted by molar-refractivity contribution is -0.117. The molecule has 1 aliphatic rings. The number of carbonyl (C=O) groups excluding carboxylic acids is 2. The second kappa shape index (κ2) is 6.88. The summed E-state index contributed by atoms with van der Waals surface area (Å²) in [6, 6.07) is 7.35. The van der Waals surface area contributed by atoms with Crippen molar-refractivity contribution in [1.82, 2.24) is 4.90 Å². The number of nitrogens with one attached hydrogen (secondary N) is 1. The smallest absolute Gasteiger partial charge is 0.291 e. The van der Waals surface area contributed by atoms with Gasteiger partial charge in [-0.15, -0.1) is 0 Å². The number of carbonyl (C=O) groups is 2. The number of hydrogen-bond donors (Lipinski definition) is 1. The molecule has 1 fully saturated rings. The molecule has 6 heteroatoms. The van der Waals surface area contributed by atoms with Crippen molar-refractivity contribution in [3.63, 3.8) is 0 Å². The van der Waals surface area contributed by atoms with Gasteiger partial charge < -0.3 is 19.4 Å². The Morgan fingerprint density at radius 3 is 2.52 bits per heavy atom. The Morgan fingerprint density at radius 2 is 1.84 bits per heavy atom. The van der Waals surface area contributed by atoms with Gasteiger partial charge in [-0.3, -0.25) is 9.59 Å². The molecule has 0 saturated carbocycles. The summed E-state index contributed by atoms with van der Waals surface area (Å²) < 4.78 is 11.1. The summed E-state index contributed by atoms with van der Waals surface area (Å²) in [6.07, 6.45) is 0.359. The van der Waals surface area contributed by atoms with Gasteiger partial charge in [-0.05, 0) is 17.5 Å². The van der Waals surface area contributed by atoms with Gasteiger partial charge in [-0.1, -0.05) is 32.9 Å². The fourth-order valence-electron chi connectivity index (χ4n) is 2.90. The van der Waals surface area contributed by atoms with E-state index in [1.165, 1.54) is 0 Å². The molecule has 0 aliphatic carbocycles. The molecule has 134 valence electrons. The van der Waals surface area contributed by atoms with Crippen molar-refractivity contribution in [3.8, 4) is 0 Å². The van der Waals surface area contributed by atoms with Crippen LogP contribution < -0.4 is 5.32 Å². The summed E-state index contributed by atoms with van der Waals surface area (Å²) in [6.45, 7) is 8.06. The molecule has 0 unspecified atom stereocenters. The molecular weight excluding hydrogens is 320 g/mol. The number of rotatable bonds is 3. The molecule has 1 saturated heterocycles. The van der Waals surface area contributed by atoms with Crippen LogP contribution in [-0.4, -0.2) is 43.0 Å². The summed E-state index contributed by atoms with van der Waals surface area (Å²) in [5.41, 5.74) is 0.907. The van der Waals surface area contributed by atoms with Crippen LogP contribution in [0, 0.1) is 5.41 Å². The molecule has 1 aromatic carbocycles. The maximum atomic E-state index is 12.9. The van der Waals surface area contributed by atoms with E-state index in [0.29, 0.717) is 44.0 Å². The first-order valence-corrected chi connectivity index (χ1v) is 8.53. The SMILES string of the molecule is CC(C)(C)CC(=O)Nc1c(C(=O)N2CCOCC2)oc2ccccc12. The zero-order valence-corrected chi connectivity index (χ0v) is 14.9. The van der Waals surface area contributed by atoms with E-state index in [-0.39, 0.29) is 23.0 Å². The zero-order chi connectivity index (χ0) is 18.0. The van der Waals surface area contributed by atoms with Crippen LogP contribution in [0.1, 0.15) is 37.7 Å². The second-order valence-electron chi connectivity index (χ2n) is 7.49. The van der Waals surface area contributed by atoms with Crippen LogP contribution in [0.5, 0.6) is 0 Å². The largest absolute Gasteiger partial charge is 0.449 e. The molecule has 2 amide bonds. The van der Waals surface area contributed by atoms with Crippen LogP contribution in [0.2, 0.25) is 0 Å². The Labute approximate surface area is 147 Å². The number of hydrogen-bond acceptors (Lipinski definition) is 4. The first kappa shape index (κ1) is 17.5. The van der Waals surface area contributed by atoms with Crippen molar-refractivity contribution in [3.05, 3.63) is 30.0 Å². The third kappa shape index (κ3) is 4.02.